The Morgan fingerprint density at radius 3 is 2.52 bits per heavy atom. The molecule has 5 nitrogen and oxygen atoms in total. The highest BCUT2D eigenvalue weighted by molar-refractivity contribution is 6.74. The fraction of sp³-hybridized carbons (Fsp3) is 0.542. The van der Waals surface area contributed by atoms with Crippen LogP contribution < -0.4 is 5.32 Å². The Labute approximate surface area is 193 Å². The van der Waals surface area contributed by atoms with Gasteiger partial charge in [0.1, 0.15) is 5.66 Å². The summed E-state index contributed by atoms with van der Waals surface area (Å²) in [4.78, 5) is 13.6. The van der Waals surface area contributed by atoms with E-state index in [9.17, 15) is 9.90 Å². The van der Waals surface area contributed by atoms with Gasteiger partial charge >= 0.3 is 5.97 Å². The smallest absolute Gasteiger partial charge is 0.328 e. The quantitative estimate of drug-likeness (QED) is 0.323. The van der Waals surface area contributed by atoms with Crippen molar-refractivity contribution in [1.29, 1.82) is 0 Å². The zero-order chi connectivity index (χ0) is 23.4. The number of rotatable bonds is 9. The number of nitrogens with zero attached hydrogens (tertiary/aromatic N) is 1. The molecule has 0 spiro atoms. The van der Waals surface area contributed by atoms with Crippen LogP contribution in [0, 0.1) is 0 Å². The molecule has 2 N–H and O–H groups in total. The largest absolute Gasteiger partial charge is 0.531 e. The first-order valence-electron chi connectivity index (χ1n) is 10.9. The zero-order valence-corrected chi connectivity index (χ0v) is 21.6. The Morgan fingerprint density at radius 2 is 1.97 bits per heavy atom. The summed E-state index contributed by atoms with van der Waals surface area (Å²) in [6.07, 6.45) is 5.81. The Kier molecular flexibility index (Phi) is 7.92. The molecule has 1 atom stereocenters. The Morgan fingerprint density at radius 1 is 1.32 bits per heavy atom. The van der Waals surface area contributed by atoms with E-state index in [0.29, 0.717) is 17.5 Å². The molecule has 2 rings (SSSR count). The molecule has 1 aromatic carbocycles. The van der Waals surface area contributed by atoms with Crippen molar-refractivity contribution in [1.82, 2.24) is 10.2 Å². The van der Waals surface area contributed by atoms with Crippen molar-refractivity contribution in [2.75, 3.05) is 0 Å². The van der Waals surface area contributed by atoms with Gasteiger partial charge < -0.3 is 19.7 Å². The van der Waals surface area contributed by atoms with Gasteiger partial charge in [-0.2, -0.15) is 0 Å². The van der Waals surface area contributed by atoms with Crippen molar-refractivity contribution in [3.05, 3.63) is 58.6 Å². The molecular weight excluding hydrogens is 428 g/mol. The average molecular weight is 465 g/mol. The molecule has 31 heavy (non-hydrogen) atoms. The third-order valence-electron chi connectivity index (χ3n) is 6.35. The summed E-state index contributed by atoms with van der Waals surface area (Å²) in [5, 5.41) is 13.6. The topological polar surface area (TPSA) is 61.8 Å². The summed E-state index contributed by atoms with van der Waals surface area (Å²) in [6.45, 7) is 15.8. The zero-order valence-electron chi connectivity index (χ0n) is 19.9. The number of carboxylic acid groups (broad SMARTS) is 1. The highest BCUT2D eigenvalue weighted by atomic mass is 35.5. The van der Waals surface area contributed by atoms with Gasteiger partial charge in [-0.15, -0.1) is 0 Å². The molecule has 0 radical (unpaired) electrons. The molecule has 0 amide bonds. The van der Waals surface area contributed by atoms with Crippen LogP contribution in [0.4, 0.5) is 0 Å². The van der Waals surface area contributed by atoms with E-state index < -0.39 is 19.9 Å². The van der Waals surface area contributed by atoms with Crippen molar-refractivity contribution in [3.63, 3.8) is 0 Å². The fourth-order valence-corrected chi connectivity index (χ4v) is 4.51. The second-order valence-corrected chi connectivity index (χ2v) is 15.1. The molecule has 1 unspecified atom stereocenters. The molecule has 1 aliphatic rings. The lowest BCUT2D eigenvalue weighted by Crippen LogP contribution is -2.50. The van der Waals surface area contributed by atoms with Crippen LogP contribution in [0.15, 0.2) is 48.0 Å². The van der Waals surface area contributed by atoms with E-state index in [4.69, 9.17) is 16.0 Å². The molecule has 0 aliphatic carbocycles. The standard InChI is InChI=1S/C24H37ClN2O3Si/c1-8-9-16-24(5)26-22(30-31(6,7)23(2,3)4)20(14-15-21(28)29)27(24)17-18-12-10-11-13-19(18)25/h10-15,26H,8-9,16-17H2,1-7H3,(H,28,29). The van der Waals surface area contributed by atoms with Crippen LogP contribution in [0.2, 0.25) is 23.2 Å². The summed E-state index contributed by atoms with van der Waals surface area (Å²) in [5.74, 6) is -0.325. The summed E-state index contributed by atoms with van der Waals surface area (Å²) in [7, 11) is -2.15. The maximum atomic E-state index is 11.4. The molecule has 0 saturated carbocycles. The van der Waals surface area contributed by atoms with Gasteiger partial charge in [-0.25, -0.2) is 4.79 Å². The van der Waals surface area contributed by atoms with E-state index in [1.54, 1.807) is 6.08 Å². The summed E-state index contributed by atoms with van der Waals surface area (Å²) >= 11 is 6.48. The monoisotopic (exact) mass is 464 g/mol. The number of carbonyl (C=O) groups is 1. The van der Waals surface area contributed by atoms with E-state index in [0.717, 1.165) is 30.5 Å². The van der Waals surface area contributed by atoms with Crippen LogP contribution in [0.3, 0.4) is 0 Å². The van der Waals surface area contributed by atoms with Crippen molar-refractivity contribution < 1.29 is 14.3 Å². The number of unbranched alkanes of at least 4 members (excludes halogenated alkanes) is 1. The summed E-state index contributed by atoms with van der Waals surface area (Å²) in [5.41, 5.74) is 1.33. The van der Waals surface area contributed by atoms with Gasteiger partial charge in [0.25, 0.3) is 8.32 Å². The van der Waals surface area contributed by atoms with E-state index >= 15 is 0 Å². The maximum absolute atomic E-state index is 11.4. The normalized spacial score (nSPS) is 19.8. The van der Waals surface area contributed by atoms with Crippen LogP contribution in [0.5, 0.6) is 0 Å². The Balaban J connectivity index is 2.57. The van der Waals surface area contributed by atoms with Gasteiger partial charge in [0.15, 0.2) is 5.88 Å². The summed E-state index contributed by atoms with van der Waals surface area (Å²) in [6, 6.07) is 7.77. The van der Waals surface area contributed by atoms with E-state index in [1.807, 2.05) is 24.3 Å². The number of halogens is 1. The number of hydrogen-bond acceptors (Lipinski definition) is 4. The number of allylic oxidation sites excluding steroid dienone is 1. The summed E-state index contributed by atoms with van der Waals surface area (Å²) < 4.78 is 6.67. The molecule has 0 fully saturated rings. The van der Waals surface area contributed by atoms with Gasteiger partial charge in [0.2, 0.25) is 0 Å². The van der Waals surface area contributed by atoms with Crippen LogP contribution in [-0.2, 0) is 15.8 Å². The van der Waals surface area contributed by atoms with E-state index in [2.05, 4.69) is 57.9 Å². The number of nitrogens with one attached hydrogen (secondary N) is 1. The lowest BCUT2D eigenvalue weighted by atomic mass is 10.0. The second kappa shape index (κ2) is 9.70. The molecule has 172 valence electrons. The van der Waals surface area contributed by atoms with E-state index in [-0.39, 0.29) is 5.04 Å². The van der Waals surface area contributed by atoms with Crippen molar-refractivity contribution in [3.8, 4) is 0 Å². The minimum Gasteiger partial charge on any atom is -0.531 e. The lowest BCUT2D eigenvalue weighted by molar-refractivity contribution is -0.131. The molecule has 7 heteroatoms. The van der Waals surface area contributed by atoms with Crippen LogP contribution in [-0.4, -0.2) is 30.0 Å². The predicted octanol–water partition coefficient (Wildman–Crippen LogP) is 6.48. The van der Waals surface area contributed by atoms with Crippen LogP contribution in [0.1, 0.15) is 59.4 Å². The Hall–Kier alpha value is -1.92. The third kappa shape index (κ3) is 6.07. The fourth-order valence-electron chi connectivity index (χ4n) is 3.34. The third-order valence-corrected chi connectivity index (χ3v) is 11.0. The van der Waals surface area contributed by atoms with Gasteiger partial charge in [-0.05, 0) is 55.6 Å². The minimum absolute atomic E-state index is 0.0132. The molecule has 1 aromatic rings. The predicted molar refractivity (Wildman–Crippen MR) is 130 cm³/mol. The average Bonchev–Trinajstić information content (AvgIpc) is 2.90. The molecule has 1 heterocycles. The van der Waals surface area contributed by atoms with Crippen LogP contribution in [0.25, 0.3) is 0 Å². The maximum Gasteiger partial charge on any atom is 0.328 e. The lowest BCUT2D eigenvalue weighted by Gasteiger charge is -2.39. The molecule has 1 aliphatic heterocycles. The highest BCUT2D eigenvalue weighted by Crippen LogP contribution is 2.42. The number of hydrogen-bond donors (Lipinski definition) is 2. The van der Waals surface area contributed by atoms with Crippen LogP contribution >= 0.6 is 11.6 Å². The SMILES string of the molecule is CCCCC1(C)NC(O[Si](C)(C)C(C)(C)C)=C(C=CC(=O)O)N1Cc1ccccc1Cl. The van der Waals surface area contributed by atoms with Gasteiger partial charge in [0.05, 0.1) is 5.70 Å². The minimum atomic E-state index is -2.15. The molecule has 0 bridgehead atoms. The molecule has 0 saturated heterocycles. The molecular formula is C24H37ClN2O3Si. The first kappa shape index (κ1) is 25.3. The van der Waals surface area contributed by atoms with Crippen molar-refractivity contribution in [2.45, 2.75) is 84.2 Å². The van der Waals surface area contributed by atoms with Gasteiger partial charge in [-0.3, -0.25) is 0 Å². The number of carboxylic acids is 1. The Bertz CT molecular complexity index is 861. The van der Waals surface area contributed by atoms with Gasteiger partial charge in [0, 0.05) is 17.6 Å². The van der Waals surface area contributed by atoms with E-state index in [1.165, 1.54) is 6.08 Å². The first-order valence-corrected chi connectivity index (χ1v) is 14.2. The first-order chi connectivity index (χ1) is 14.3. The number of aliphatic carboxylic acids is 1. The molecule has 0 aromatic heterocycles. The van der Waals surface area contributed by atoms with Crippen molar-refractivity contribution in [2.24, 2.45) is 0 Å². The number of benzene rings is 1. The second-order valence-electron chi connectivity index (χ2n) is 9.93. The van der Waals surface area contributed by atoms with Gasteiger partial charge in [-0.1, -0.05) is 63.9 Å². The van der Waals surface area contributed by atoms with Crippen molar-refractivity contribution >= 4 is 25.9 Å². The highest BCUT2D eigenvalue weighted by Gasteiger charge is 2.46.